The van der Waals surface area contributed by atoms with Crippen molar-refractivity contribution in [3.63, 3.8) is 0 Å². The summed E-state index contributed by atoms with van der Waals surface area (Å²) in [6.45, 7) is 0.173. The lowest BCUT2D eigenvalue weighted by Crippen LogP contribution is -2.58. The highest BCUT2D eigenvalue weighted by atomic mass is 32.2. The summed E-state index contributed by atoms with van der Waals surface area (Å²) in [7, 11) is -3.91. The SMILES string of the molecule is O=C(N[C@@H]1CCCCC/C=C/C2C[C@@]2(C(=O)NS(=O)(=O)C2CC2)NC(=O)[C@@H]2C[C@@H](Oc3nc4ccccc4nc3-c3cccs3)CN2C1=O)OC1CC2OCOC2C1. The molecule has 5 heterocycles. The third-order valence-corrected chi connectivity index (χ3v) is 14.6. The van der Waals surface area contributed by atoms with Gasteiger partial charge in [-0.05, 0) is 62.1 Å². The highest BCUT2D eigenvalue weighted by molar-refractivity contribution is 7.91. The van der Waals surface area contributed by atoms with Gasteiger partial charge in [0.15, 0.2) is 0 Å². The van der Waals surface area contributed by atoms with E-state index in [0.29, 0.717) is 61.7 Å². The van der Waals surface area contributed by atoms with Gasteiger partial charge in [0.25, 0.3) is 5.91 Å². The lowest BCUT2D eigenvalue weighted by Gasteiger charge is -2.30. The van der Waals surface area contributed by atoms with Gasteiger partial charge in [0.2, 0.25) is 27.7 Å². The molecule has 9 rings (SSSR count). The molecule has 7 atom stereocenters. The van der Waals surface area contributed by atoms with Crippen LogP contribution in [0.5, 0.6) is 5.88 Å². The Morgan fingerprint density at radius 2 is 1.72 bits per heavy atom. The third kappa shape index (κ3) is 8.03. The van der Waals surface area contributed by atoms with Crippen molar-refractivity contribution in [1.82, 2.24) is 30.2 Å². The van der Waals surface area contributed by atoms with Crippen LogP contribution >= 0.6 is 11.3 Å². The van der Waals surface area contributed by atoms with Crippen LogP contribution in [0.1, 0.15) is 70.6 Å². The Labute approximate surface area is 339 Å². The molecule has 0 radical (unpaired) electrons. The van der Waals surface area contributed by atoms with E-state index in [-0.39, 0.29) is 44.3 Å². The number of sulfonamides is 1. The summed E-state index contributed by atoms with van der Waals surface area (Å²) < 4.78 is 51.6. The van der Waals surface area contributed by atoms with Crippen LogP contribution in [0.25, 0.3) is 21.6 Å². The Kier molecular flexibility index (Phi) is 10.6. The molecular formula is C40H46N6O10S2. The molecule has 3 unspecified atom stereocenters. The molecule has 308 valence electrons. The van der Waals surface area contributed by atoms with Gasteiger partial charge in [-0.1, -0.05) is 43.2 Å². The molecular weight excluding hydrogens is 789 g/mol. The maximum Gasteiger partial charge on any atom is 0.408 e. The monoisotopic (exact) mass is 834 g/mol. The van der Waals surface area contributed by atoms with Crippen molar-refractivity contribution < 1.29 is 46.5 Å². The molecule has 2 saturated heterocycles. The topological polar surface area (TPSA) is 204 Å². The largest absolute Gasteiger partial charge is 0.471 e. The van der Waals surface area contributed by atoms with Crippen LogP contribution in [-0.2, 0) is 38.6 Å². The molecule has 16 nitrogen and oxygen atoms in total. The van der Waals surface area contributed by atoms with Gasteiger partial charge in [-0.25, -0.2) is 23.2 Å². The molecule has 1 aromatic carbocycles. The summed E-state index contributed by atoms with van der Waals surface area (Å²) in [5.41, 5.74) is 0.277. The number of ether oxygens (including phenoxy) is 4. The first-order valence-corrected chi connectivity index (χ1v) is 22.5. The molecule has 2 aromatic heterocycles. The molecule has 3 saturated carbocycles. The number of amides is 4. The van der Waals surface area contributed by atoms with E-state index >= 15 is 0 Å². The zero-order chi connectivity index (χ0) is 40.0. The fourth-order valence-electron chi connectivity index (χ4n) is 8.55. The average molecular weight is 835 g/mol. The number of alkyl carbamates (subject to hydrolysis) is 1. The van der Waals surface area contributed by atoms with Crippen molar-refractivity contribution in [2.45, 2.75) is 118 Å². The van der Waals surface area contributed by atoms with Gasteiger partial charge in [-0.15, -0.1) is 11.3 Å². The number of carbonyl (C=O) groups excluding carboxylic acids is 4. The van der Waals surface area contributed by atoms with Gasteiger partial charge >= 0.3 is 6.09 Å². The van der Waals surface area contributed by atoms with Crippen LogP contribution in [0.4, 0.5) is 4.79 Å². The fourth-order valence-corrected chi connectivity index (χ4v) is 10.6. The van der Waals surface area contributed by atoms with Gasteiger partial charge in [-0.3, -0.25) is 19.1 Å². The summed E-state index contributed by atoms with van der Waals surface area (Å²) in [6, 6.07) is 9.04. The minimum absolute atomic E-state index is 0.0244. The quantitative estimate of drug-likeness (QED) is 0.278. The standard InChI is InChI=1S/C40H46N6O10S2/c47-35-30-17-25(55-36-34(33-13-8-16-57-33)41-27-10-6-7-11-28(27)42-36)21-46(30)37(48)29(43-39(50)56-24-18-31-32(19-24)54-22-53-31)12-5-3-1-2-4-9-23-20-40(23,44-35)38(49)45-58(51,52)26-14-15-26/h4,6-11,13,16,23-26,29-32H,1-3,5,12,14-15,17-22H2,(H,43,50)(H,44,47)(H,45,49)/b9-4+/t23?,24?,25-,29-,30+,31?,32?,40-/m1/s1. The highest BCUT2D eigenvalue weighted by Crippen LogP contribution is 2.46. The molecule has 0 spiro atoms. The van der Waals surface area contributed by atoms with E-state index in [0.717, 1.165) is 17.7 Å². The second-order valence-corrected chi connectivity index (χ2v) is 19.0. The Balaban J connectivity index is 1.01. The predicted octanol–water partition coefficient (Wildman–Crippen LogP) is 3.71. The summed E-state index contributed by atoms with van der Waals surface area (Å²) >= 11 is 1.47. The van der Waals surface area contributed by atoms with E-state index in [4.69, 9.17) is 28.9 Å². The van der Waals surface area contributed by atoms with E-state index < -0.39 is 74.8 Å². The number of fused-ring (bicyclic) bond motifs is 4. The van der Waals surface area contributed by atoms with Gasteiger partial charge < -0.3 is 34.5 Å². The van der Waals surface area contributed by atoms with Crippen LogP contribution < -0.4 is 20.1 Å². The molecule has 3 aliphatic heterocycles. The Bertz CT molecular complexity index is 2210. The lowest BCUT2D eigenvalue weighted by molar-refractivity contribution is -0.141. The number of carbonyl (C=O) groups is 4. The molecule has 3 aromatic rings. The second kappa shape index (κ2) is 15.8. The molecule has 18 heteroatoms. The van der Waals surface area contributed by atoms with Crippen molar-refractivity contribution in [2.24, 2.45) is 5.92 Å². The average Bonchev–Trinajstić information content (AvgIpc) is 3.86. The minimum Gasteiger partial charge on any atom is -0.471 e. The fraction of sp³-hybridized carbons (Fsp3) is 0.550. The van der Waals surface area contributed by atoms with Crippen LogP contribution in [0.3, 0.4) is 0 Å². The lowest BCUT2D eigenvalue weighted by atomic mass is 10.0. The Morgan fingerprint density at radius 1 is 0.948 bits per heavy atom. The number of benzene rings is 1. The summed E-state index contributed by atoms with van der Waals surface area (Å²) in [6.07, 6.45) is 6.83. The van der Waals surface area contributed by atoms with E-state index in [2.05, 4.69) is 15.4 Å². The zero-order valence-electron chi connectivity index (χ0n) is 31.7. The first-order chi connectivity index (χ1) is 28.1. The van der Waals surface area contributed by atoms with E-state index in [1.165, 1.54) is 16.2 Å². The van der Waals surface area contributed by atoms with E-state index in [9.17, 15) is 27.6 Å². The molecule has 58 heavy (non-hydrogen) atoms. The zero-order valence-corrected chi connectivity index (χ0v) is 33.4. The van der Waals surface area contributed by atoms with Gasteiger partial charge in [-0.2, -0.15) is 0 Å². The van der Waals surface area contributed by atoms with Crippen LogP contribution in [0.15, 0.2) is 53.9 Å². The summed E-state index contributed by atoms with van der Waals surface area (Å²) in [4.78, 5) is 68.4. The molecule has 4 amide bonds. The van der Waals surface area contributed by atoms with Gasteiger partial charge in [0, 0.05) is 25.2 Å². The number of nitrogens with one attached hydrogen (secondary N) is 3. The molecule has 6 aliphatic rings. The maximum absolute atomic E-state index is 14.7. The first kappa shape index (κ1) is 38.8. The molecule has 3 N–H and O–H groups in total. The van der Waals surface area contributed by atoms with Crippen molar-refractivity contribution in [3.8, 4) is 16.5 Å². The first-order valence-electron chi connectivity index (χ1n) is 20.1. The minimum atomic E-state index is -3.91. The number of aromatic nitrogens is 2. The van der Waals surface area contributed by atoms with E-state index in [1.807, 2.05) is 53.9 Å². The third-order valence-electron chi connectivity index (χ3n) is 11.9. The highest BCUT2D eigenvalue weighted by Gasteiger charge is 2.62. The van der Waals surface area contributed by atoms with Crippen molar-refractivity contribution in [1.29, 1.82) is 0 Å². The number of hydrogen-bond acceptors (Lipinski definition) is 13. The molecule has 0 bridgehead atoms. The normalized spacial score (nSPS) is 31.9. The second-order valence-electron chi connectivity index (χ2n) is 16.1. The van der Waals surface area contributed by atoms with Gasteiger partial charge in [0.05, 0.1) is 39.9 Å². The van der Waals surface area contributed by atoms with Gasteiger partial charge in [0.1, 0.15) is 42.3 Å². The maximum atomic E-state index is 14.7. The Morgan fingerprint density at radius 3 is 2.47 bits per heavy atom. The predicted molar refractivity (Wildman–Crippen MR) is 210 cm³/mol. The summed E-state index contributed by atoms with van der Waals surface area (Å²) in [5, 5.41) is 6.99. The van der Waals surface area contributed by atoms with Crippen LogP contribution in [0, 0.1) is 5.92 Å². The van der Waals surface area contributed by atoms with Crippen LogP contribution in [-0.4, -0.2) is 108 Å². The Hall–Kier alpha value is -4.65. The van der Waals surface area contributed by atoms with Crippen LogP contribution in [0.2, 0.25) is 0 Å². The number of para-hydroxylation sites is 2. The number of hydrogen-bond donors (Lipinski definition) is 3. The van der Waals surface area contributed by atoms with E-state index in [1.54, 1.807) is 0 Å². The smallest absolute Gasteiger partial charge is 0.408 e. The number of rotatable bonds is 8. The number of thiophene rings is 1. The molecule has 3 aliphatic carbocycles. The van der Waals surface area contributed by atoms with Crippen molar-refractivity contribution >= 4 is 56.2 Å². The number of allylic oxidation sites excluding steroid dienone is 1. The number of nitrogens with zero attached hydrogens (tertiary/aromatic N) is 3. The van der Waals surface area contributed by atoms with Crippen molar-refractivity contribution in [3.05, 3.63) is 53.9 Å². The van der Waals surface area contributed by atoms with Crippen molar-refractivity contribution in [2.75, 3.05) is 13.3 Å². The summed E-state index contributed by atoms with van der Waals surface area (Å²) in [5.74, 6) is -2.13. The molecule has 5 fully saturated rings.